The molecule has 0 saturated carbocycles. The van der Waals surface area contributed by atoms with Gasteiger partial charge in [0.05, 0.1) is 0 Å². The summed E-state index contributed by atoms with van der Waals surface area (Å²) in [5, 5.41) is 0. The molecule has 1 aliphatic carbocycles. The monoisotopic (exact) mass is 228 g/mol. The molecule has 1 atom stereocenters. The Bertz CT molecular complexity index is 291. The summed E-state index contributed by atoms with van der Waals surface area (Å²) in [6.07, 6.45) is -2.11. The Kier molecular flexibility index (Phi) is 3.18. The van der Waals surface area contributed by atoms with E-state index in [0.29, 0.717) is 24.1 Å². The maximum Gasteiger partial charge on any atom is 0.425 e. The first-order chi connectivity index (χ1) is 6.77. The van der Waals surface area contributed by atoms with Gasteiger partial charge in [0.1, 0.15) is 0 Å². The number of hydrogen-bond acceptors (Lipinski definition) is 1. The zero-order valence-corrected chi connectivity index (χ0v) is 7.81. The van der Waals surface area contributed by atoms with Crippen LogP contribution >= 0.6 is 0 Å². The van der Waals surface area contributed by atoms with Crippen LogP contribution in [0.5, 0.6) is 0 Å². The van der Waals surface area contributed by atoms with Crippen molar-refractivity contribution in [3.63, 3.8) is 0 Å². The van der Waals surface area contributed by atoms with E-state index >= 15 is 0 Å². The van der Waals surface area contributed by atoms with E-state index in [-0.39, 0.29) is 0 Å². The minimum atomic E-state index is -4.89. The lowest BCUT2D eigenvalue weighted by molar-refractivity contribution is -0.291. The topological polar surface area (TPSA) is 9.23 Å². The summed E-state index contributed by atoms with van der Waals surface area (Å²) in [6, 6.07) is 0. The summed E-state index contributed by atoms with van der Waals surface area (Å²) >= 11 is 0. The summed E-state index contributed by atoms with van der Waals surface area (Å²) in [5.74, 6) is 0. The Morgan fingerprint density at radius 1 is 1.40 bits per heavy atom. The lowest BCUT2D eigenvalue weighted by atomic mass is 9.93. The van der Waals surface area contributed by atoms with Gasteiger partial charge in [-0.15, -0.1) is 0 Å². The van der Waals surface area contributed by atoms with Gasteiger partial charge in [0.2, 0.25) is 5.60 Å². The molecule has 0 bridgehead atoms. The van der Waals surface area contributed by atoms with Crippen LogP contribution in [0.25, 0.3) is 0 Å². The van der Waals surface area contributed by atoms with Crippen molar-refractivity contribution < 1.29 is 26.7 Å². The van der Waals surface area contributed by atoms with Gasteiger partial charge in [-0.3, -0.25) is 4.74 Å². The molecular weight excluding hydrogens is 219 g/mol. The Hall–Kier alpha value is -0.910. The molecule has 0 saturated heterocycles. The molecule has 0 aromatic rings. The fourth-order valence-corrected chi connectivity index (χ4v) is 1.36. The average molecular weight is 228 g/mol. The van der Waals surface area contributed by atoms with Gasteiger partial charge in [-0.25, -0.2) is 0 Å². The van der Waals surface area contributed by atoms with E-state index in [4.69, 9.17) is 0 Å². The standard InChI is InChI=1S/C9H9F5O/c1-6-3-2-4-8(5-6,9(12,13)14)15-7(10)11/h2,4-5,7H,3H2,1H3. The van der Waals surface area contributed by atoms with Crippen LogP contribution in [0.15, 0.2) is 23.8 Å². The fourth-order valence-electron chi connectivity index (χ4n) is 1.36. The number of allylic oxidation sites excluding steroid dienone is 2. The molecule has 0 aromatic heterocycles. The second-order valence-corrected chi connectivity index (χ2v) is 3.27. The van der Waals surface area contributed by atoms with Crippen molar-refractivity contribution >= 4 is 0 Å². The number of halogens is 5. The van der Waals surface area contributed by atoms with Gasteiger partial charge < -0.3 is 0 Å². The molecule has 86 valence electrons. The molecule has 0 N–H and O–H groups in total. The lowest BCUT2D eigenvalue weighted by Gasteiger charge is -2.32. The Morgan fingerprint density at radius 3 is 2.40 bits per heavy atom. The first-order valence-electron chi connectivity index (χ1n) is 4.15. The van der Waals surface area contributed by atoms with Crippen molar-refractivity contribution in [2.45, 2.75) is 31.7 Å². The van der Waals surface area contributed by atoms with Gasteiger partial charge in [-0.05, 0) is 25.5 Å². The van der Waals surface area contributed by atoms with Crippen LogP contribution in [-0.4, -0.2) is 18.4 Å². The molecule has 0 spiro atoms. The molecule has 0 heterocycles. The quantitative estimate of drug-likeness (QED) is 0.519. The molecule has 0 radical (unpaired) electrons. The van der Waals surface area contributed by atoms with Gasteiger partial charge in [0.15, 0.2) is 0 Å². The van der Waals surface area contributed by atoms with Crippen LogP contribution in [0.1, 0.15) is 13.3 Å². The SMILES string of the molecule is CC1=CC(OC(F)F)(C(F)(F)F)C=CC1. The maximum atomic E-state index is 12.6. The molecule has 1 aliphatic rings. The predicted molar refractivity (Wildman–Crippen MR) is 43.4 cm³/mol. The molecule has 6 heteroatoms. The molecule has 15 heavy (non-hydrogen) atoms. The highest BCUT2D eigenvalue weighted by molar-refractivity contribution is 5.28. The molecule has 1 nitrogen and oxygen atoms in total. The number of hydrogen-bond donors (Lipinski definition) is 0. The zero-order valence-electron chi connectivity index (χ0n) is 7.81. The third kappa shape index (κ3) is 2.56. The van der Waals surface area contributed by atoms with Gasteiger partial charge >= 0.3 is 12.8 Å². The normalized spacial score (nSPS) is 27.0. The third-order valence-electron chi connectivity index (χ3n) is 1.99. The minimum Gasteiger partial charge on any atom is -0.298 e. The third-order valence-corrected chi connectivity index (χ3v) is 1.99. The minimum absolute atomic E-state index is 0.310. The van der Waals surface area contributed by atoms with Gasteiger partial charge in [0, 0.05) is 0 Å². The fraction of sp³-hybridized carbons (Fsp3) is 0.556. The summed E-state index contributed by atoms with van der Waals surface area (Å²) in [6.45, 7) is -2.04. The summed E-state index contributed by atoms with van der Waals surface area (Å²) in [5.41, 5.74) is -2.64. The highest BCUT2D eigenvalue weighted by Crippen LogP contribution is 2.40. The molecule has 0 fully saturated rings. The van der Waals surface area contributed by atoms with Crippen LogP contribution < -0.4 is 0 Å². The van der Waals surface area contributed by atoms with Crippen LogP contribution in [0, 0.1) is 0 Å². The van der Waals surface area contributed by atoms with Gasteiger partial charge in [-0.2, -0.15) is 22.0 Å². The maximum absolute atomic E-state index is 12.6. The second kappa shape index (κ2) is 3.92. The molecular formula is C9H9F5O. The molecule has 1 unspecified atom stereocenters. The summed E-state index contributed by atoms with van der Waals surface area (Å²) in [4.78, 5) is 0. The van der Waals surface area contributed by atoms with Gasteiger partial charge in [-0.1, -0.05) is 11.6 Å². The van der Waals surface area contributed by atoms with E-state index in [1.54, 1.807) is 0 Å². The van der Waals surface area contributed by atoms with E-state index in [9.17, 15) is 22.0 Å². The zero-order chi connectivity index (χ0) is 11.7. The largest absolute Gasteiger partial charge is 0.425 e. The van der Waals surface area contributed by atoms with Crippen LogP contribution in [0.2, 0.25) is 0 Å². The second-order valence-electron chi connectivity index (χ2n) is 3.27. The lowest BCUT2D eigenvalue weighted by Crippen LogP contribution is -2.46. The molecule has 1 rings (SSSR count). The molecule has 0 aromatic carbocycles. The highest BCUT2D eigenvalue weighted by Gasteiger charge is 2.55. The first-order valence-corrected chi connectivity index (χ1v) is 4.15. The van der Waals surface area contributed by atoms with Crippen LogP contribution in [-0.2, 0) is 4.74 Å². The van der Waals surface area contributed by atoms with Crippen molar-refractivity contribution in [1.82, 2.24) is 0 Å². The Labute approximate surface area is 83.2 Å². The number of alkyl halides is 5. The highest BCUT2D eigenvalue weighted by atomic mass is 19.4. The smallest absolute Gasteiger partial charge is 0.298 e. The molecule has 0 aliphatic heterocycles. The average Bonchev–Trinajstić information content (AvgIpc) is 2.00. The van der Waals surface area contributed by atoms with Crippen molar-refractivity contribution in [2.75, 3.05) is 0 Å². The van der Waals surface area contributed by atoms with E-state index in [1.165, 1.54) is 13.0 Å². The predicted octanol–water partition coefficient (Wildman–Crippen LogP) is 3.43. The van der Waals surface area contributed by atoms with Crippen molar-refractivity contribution in [2.24, 2.45) is 0 Å². The van der Waals surface area contributed by atoms with Gasteiger partial charge in [0.25, 0.3) is 0 Å². The molecule has 0 amide bonds. The summed E-state index contributed by atoms with van der Waals surface area (Å²) in [7, 11) is 0. The van der Waals surface area contributed by atoms with E-state index < -0.39 is 18.4 Å². The van der Waals surface area contributed by atoms with Crippen LogP contribution in [0.4, 0.5) is 22.0 Å². The van der Waals surface area contributed by atoms with Crippen molar-refractivity contribution in [3.05, 3.63) is 23.8 Å². The van der Waals surface area contributed by atoms with Crippen LogP contribution in [0.3, 0.4) is 0 Å². The van der Waals surface area contributed by atoms with E-state index in [0.717, 1.165) is 0 Å². The Morgan fingerprint density at radius 2 is 2.00 bits per heavy atom. The van der Waals surface area contributed by atoms with Crippen molar-refractivity contribution in [1.29, 1.82) is 0 Å². The summed E-state index contributed by atoms with van der Waals surface area (Å²) < 4.78 is 65.3. The van der Waals surface area contributed by atoms with Crippen molar-refractivity contribution in [3.8, 4) is 0 Å². The first kappa shape index (κ1) is 12.2. The van der Waals surface area contributed by atoms with E-state index in [1.807, 2.05) is 0 Å². The van der Waals surface area contributed by atoms with E-state index in [2.05, 4.69) is 4.74 Å². The number of ether oxygens (including phenoxy) is 1. The Balaban J connectivity index is 3.07. The number of rotatable bonds is 2.